The van der Waals surface area contributed by atoms with E-state index in [1.807, 2.05) is 36.0 Å². The Morgan fingerprint density at radius 2 is 1.88 bits per heavy atom. The smallest absolute Gasteiger partial charge is 0.310 e. The Labute approximate surface area is 107 Å². The van der Waals surface area contributed by atoms with Gasteiger partial charge in [0.15, 0.2) is 0 Å². The minimum atomic E-state index is -0.772. The van der Waals surface area contributed by atoms with Gasteiger partial charge in [0, 0.05) is 11.0 Å². The van der Waals surface area contributed by atoms with Crippen molar-refractivity contribution in [2.45, 2.75) is 44.1 Å². The van der Waals surface area contributed by atoms with E-state index in [2.05, 4.69) is 13.8 Å². The minimum absolute atomic E-state index is 0.425. The van der Waals surface area contributed by atoms with Gasteiger partial charge in [-0.2, -0.15) is 11.8 Å². The Balaban J connectivity index is 2.59. The van der Waals surface area contributed by atoms with Crippen LogP contribution in [0.15, 0.2) is 24.3 Å². The van der Waals surface area contributed by atoms with Crippen LogP contribution in [-0.4, -0.2) is 16.3 Å². The number of rotatable bonds is 6. The summed E-state index contributed by atoms with van der Waals surface area (Å²) in [6.45, 7) is 6.13. The van der Waals surface area contributed by atoms with Crippen molar-refractivity contribution >= 4 is 17.7 Å². The fourth-order valence-corrected chi connectivity index (χ4v) is 2.31. The van der Waals surface area contributed by atoms with Gasteiger partial charge in [-0.05, 0) is 24.5 Å². The molecule has 0 amide bonds. The highest BCUT2D eigenvalue weighted by atomic mass is 32.2. The molecule has 0 heterocycles. The first-order chi connectivity index (χ1) is 8.04. The van der Waals surface area contributed by atoms with Crippen molar-refractivity contribution in [2.75, 3.05) is 0 Å². The van der Waals surface area contributed by atoms with Gasteiger partial charge in [-0.1, -0.05) is 38.1 Å². The molecule has 0 aliphatic rings. The average molecular weight is 252 g/mol. The highest BCUT2D eigenvalue weighted by Gasteiger charge is 2.12. The van der Waals surface area contributed by atoms with Crippen LogP contribution < -0.4 is 0 Å². The van der Waals surface area contributed by atoms with E-state index in [0.29, 0.717) is 5.25 Å². The van der Waals surface area contributed by atoms with Crippen LogP contribution in [0.1, 0.15) is 44.2 Å². The van der Waals surface area contributed by atoms with E-state index in [-0.39, 0.29) is 0 Å². The predicted octanol–water partition coefficient (Wildman–Crippen LogP) is 3.91. The van der Waals surface area contributed by atoms with Crippen molar-refractivity contribution in [3.63, 3.8) is 0 Å². The number of carbonyl (C=O) groups is 1. The Hall–Kier alpha value is -0.960. The monoisotopic (exact) mass is 252 g/mol. The van der Waals surface area contributed by atoms with Gasteiger partial charge in [-0.15, -0.1) is 0 Å². The third-order valence-electron chi connectivity index (χ3n) is 2.96. The normalized spacial score (nSPS) is 14.3. The van der Waals surface area contributed by atoms with E-state index in [9.17, 15) is 4.79 Å². The number of hydrogen-bond donors (Lipinski definition) is 1. The van der Waals surface area contributed by atoms with Gasteiger partial charge in [-0.3, -0.25) is 4.79 Å². The molecule has 0 saturated carbocycles. The van der Waals surface area contributed by atoms with Crippen LogP contribution >= 0.6 is 11.8 Å². The Morgan fingerprint density at radius 3 is 2.35 bits per heavy atom. The van der Waals surface area contributed by atoms with Gasteiger partial charge in [0.05, 0.1) is 5.92 Å². The number of thioether (sulfide) groups is 1. The number of carboxylic acids is 1. The van der Waals surface area contributed by atoms with E-state index in [1.165, 1.54) is 12.0 Å². The molecule has 1 aromatic rings. The SMILES string of the molecule is CCC(C)SCc1ccc(C(C)C(=O)O)cc1. The van der Waals surface area contributed by atoms with Crippen molar-refractivity contribution in [3.05, 3.63) is 35.4 Å². The third kappa shape index (κ3) is 4.43. The predicted molar refractivity (Wildman–Crippen MR) is 73.5 cm³/mol. The summed E-state index contributed by atoms with van der Waals surface area (Å²) < 4.78 is 0. The first kappa shape index (κ1) is 14.1. The van der Waals surface area contributed by atoms with Crippen molar-refractivity contribution in [1.29, 1.82) is 0 Å². The van der Waals surface area contributed by atoms with Gasteiger partial charge in [0.1, 0.15) is 0 Å². The van der Waals surface area contributed by atoms with Gasteiger partial charge < -0.3 is 5.11 Å². The van der Waals surface area contributed by atoms with Crippen molar-refractivity contribution < 1.29 is 9.90 Å². The standard InChI is InChI=1S/C14H20O2S/c1-4-10(2)17-9-12-5-7-13(8-6-12)11(3)14(15)16/h5-8,10-11H,4,9H2,1-3H3,(H,15,16). The first-order valence-electron chi connectivity index (χ1n) is 5.97. The van der Waals surface area contributed by atoms with Crippen LogP contribution in [0.25, 0.3) is 0 Å². The lowest BCUT2D eigenvalue weighted by Gasteiger charge is -2.10. The molecule has 1 N–H and O–H groups in total. The molecule has 0 bridgehead atoms. The van der Waals surface area contributed by atoms with Crippen molar-refractivity contribution in [2.24, 2.45) is 0 Å². The summed E-state index contributed by atoms with van der Waals surface area (Å²) in [4.78, 5) is 10.8. The van der Waals surface area contributed by atoms with Crippen molar-refractivity contribution in [3.8, 4) is 0 Å². The van der Waals surface area contributed by atoms with E-state index in [0.717, 1.165) is 11.3 Å². The molecule has 0 saturated heterocycles. The molecule has 0 aromatic heterocycles. The van der Waals surface area contributed by atoms with Crippen LogP contribution in [-0.2, 0) is 10.5 Å². The molecule has 2 unspecified atom stereocenters. The highest BCUT2D eigenvalue weighted by Crippen LogP contribution is 2.22. The Bertz CT molecular complexity index is 359. The van der Waals surface area contributed by atoms with Gasteiger partial charge >= 0.3 is 5.97 Å². The molecule has 3 heteroatoms. The van der Waals surface area contributed by atoms with Crippen LogP contribution in [0, 0.1) is 0 Å². The first-order valence-corrected chi connectivity index (χ1v) is 7.02. The number of aliphatic carboxylic acids is 1. The highest BCUT2D eigenvalue weighted by molar-refractivity contribution is 7.99. The maximum absolute atomic E-state index is 10.8. The van der Waals surface area contributed by atoms with Crippen LogP contribution in [0.4, 0.5) is 0 Å². The molecule has 2 atom stereocenters. The van der Waals surface area contributed by atoms with Crippen LogP contribution in [0.5, 0.6) is 0 Å². The molecule has 1 rings (SSSR count). The molecule has 2 nitrogen and oxygen atoms in total. The maximum Gasteiger partial charge on any atom is 0.310 e. The summed E-state index contributed by atoms with van der Waals surface area (Å²) in [5, 5.41) is 9.58. The summed E-state index contributed by atoms with van der Waals surface area (Å²) >= 11 is 1.93. The summed E-state index contributed by atoms with van der Waals surface area (Å²) in [5.74, 6) is -0.200. The number of benzene rings is 1. The lowest BCUT2D eigenvalue weighted by molar-refractivity contribution is -0.138. The molecule has 94 valence electrons. The maximum atomic E-state index is 10.8. The Kier molecular flexibility index (Phi) is 5.56. The van der Waals surface area contributed by atoms with E-state index >= 15 is 0 Å². The molecule has 17 heavy (non-hydrogen) atoms. The van der Waals surface area contributed by atoms with E-state index in [4.69, 9.17) is 5.11 Å². The van der Waals surface area contributed by atoms with Gasteiger partial charge in [0.2, 0.25) is 0 Å². The summed E-state index contributed by atoms with van der Waals surface area (Å²) in [7, 11) is 0. The Morgan fingerprint density at radius 1 is 1.29 bits per heavy atom. The van der Waals surface area contributed by atoms with Gasteiger partial charge in [0.25, 0.3) is 0 Å². The fraction of sp³-hybridized carbons (Fsp3) is 0.500. The lowest BCUT2D eigenvalue weighted by atomic mass is 10.0. The number of carboxylic acid groups (broad SMARTS) is 1. The molecule has 1 aromatic carbocycles. The zero-order valence-corrected chi connectivity index (χ0v) is 11.5. The zero-order chi connectivity index (χ0) is 12.8. The number of hydrogen-bond acceptors (Lipinski definition) is 2. The quantitative estimate of drug-likeness (QED) is 0.834. The molecule has 0 aliphatic heterocycles. The summed E-state index contributed by atoms with van der Waals surface area (Å²) in [6.07, 6.45) is 1.18. The minimum Gasteiger partial charge on any atom is -0.481 e. The lowest BCUT2D eigenvalue weighted by Crippen LogP contribution is -2.07. The third-order valence-corrected chi connectivity index (χ3v) is 4.36. The molecular formula is C14H20O2S. The van der Waals surface area contributed by atoms with E-state index < -0.39 is 11.9 Å². The van der Waals surface area contributed by atoms with Crippen LogP contribution in [0.2, 0.25) is 0 Å². The summed E-state index contributed by atoms with van der Waals surface area (Å²) in [6, 6.07) is 7.91. The fourth-order valence-electron chi connectivity index (χ4n) is 1.40. The molecular weight excluding hydrogens is 232 g/mol. The molecule has 0 radical (unpaired) electrons. The largest absolute Gasteiger partial charge is 0.481 e. The second-order valence-corrected chi connectivity index (χ2v) is 5.76. The molecule has 0 fully saturated rings. The molecule has 0 spiro atoms. The second kappa shape index (κ2) is 6.70. The molecule has 0 aliphatic carbocycles. The van der Waals surface area contributed by atoms with Crippen molar-refractivity contribution in [1.82, 2.24) is 0 Å². The average Bonchev–Trinajstić information content (AvgIpc) is 2.35. The second-order valence-electron chi connectivity index (χ2n) is 4.33. The topological polar surface area (TPSA) is 37.3 Å². The zero-order valence-electron chi connectivity index (χ0n) is 10.6. The van der Waals surface area contributed by atoms with E-state index in [1.54, 1.807) is 6.92 Å². The summed E-state index contributed by atoms with van der Waals surface area (Å²) in [5.41, 5.74) is 2.13. The van der Waals surface area contributed by atoms with Crippen LogP contribution in [0.3, 0.4) is 0 Å². The van der Waals surface area contributed by atoms with Gasteiger partial charge in [-0.25, -0.2) is 0 Å².